The molecule has 0 radical (unpaired) electrons. The molecule has 0 saturated carbocycles. The third-order valence-corrected chi connectivity index (χ3v) is 2.65. The number of hydrogen-bond donors (Lipinski definition) is 0. The quantitative estimate of drug-likeness (QED) is 0.724. The number of hydrogen-bond acceptors (Lipinski definition) is 2. The number of benzene rings is 1. The molecule has 0 aliphatic carbocycles. The summed E-state index contributed by atoms with van der Waals surface area (Å²) in [4.78, 5) is 8.50. The van der Waals surface area contributed by atoms with Crippen LogP contribution in [0.5, 0.6) is 0 Å². The first kappa shape index (κ1) is 10.4. The van der Waals surface area contributed by atoms with Gasteiger partial charge in [-0.05, 0) is 31.0 Å². The van der Waals surface area contributed by atoms with Crippen molar-refractivity contribution in [3.8, 4) is 0 Å². The number of nitrogens with zero attached hydrogens (tertiary/aromatic N) is 2. The zero-order valence-electron chi connectivity index (χ0n) is 8.92. The monoisotopic (exact) mass is 220 g/mol. The fraction of sp³-hybridized carbons (Fsp3) is 0.333. The molecule has 3 heteroatoms. The van der Waals surface area contributed by atoms with Crippen LogP contribution >= 0.6 is 11.6 Å². The van der Waals surface area contributed by atoms with Crippen molar-refractivity contribution in [2.75, 3.05) is 0 Å². The molecule has 0 N–H and O–H groups in total. The highest BCUT2D eigenvalue weighted by molar-refractivity contribution is 6.34. The van der Waals surface area contributed by atoms with Crippen molar-refractivity contribution in [3.05, 3.63) is 34.7 Å². The van der Waals surface area contributed by atoms with Gasteiger partial charge in [-0.25, -0.2) is 9.97 Å². The molecule has 0 fully saturated rings. The molecular formula is C12H13ClN2. The first-order chi connectivity index (χ1) is 7.20. The van der Waals surface area contributed by atoms with E-state index in [1.807, 2.05) is 13.0 Å². The van der Waals surface area contributed by atoms with E-state index in [1.165, 1.54) is 5.56 Å². The van der Waals surface area contributed by atoms with Crippen LogP contribution in [-0.4, -0.2) is 9.97 Å². The number of rotatable bonds is 2. The van der Waals surface area contributed by atoms with Gasteiger partial charge in [0.1, 0.15) is 11.0 Å². The molecule has 0 amide bonds. The highest BCUT2D eigenvalue weighted by Crippen LogP contribution is 2.22. The smallest absolute Gasteiger partial charge is 0.140 e. The first-order valence-electron chi connectivity index (χ1n) is 5.13. The molecule has 0 saturated heterocycles. The summed E-state index contributed by atoms with van der Waals surface area (Å²) in [6.45, 7) is 4.02. The van der Waals surface area contributed by atoms with Crippen molar-refractivity contribution < 1.29 is 0 Å². The summed E-state index contributed by atoms with van der Waals surface area (Å²) in [6, 6.07) is 6.20. The van der Waals surface area contributed by atoms with Gasteiger partial charge in [0, 0.05) is 5.39 Å². The second kappa shape index (κ2) is 4.15. The Kier molecular flexibility index (Phi) is 2.87. The summed E-state index contributed by atoms with van der Waals surface area (Å²) in [6.07, 6.45) is 2.20. The normalized spacial score (nSPS) is 10.9. The van der Waals surface area contributed by atoms with Crippen LogP contribution in [0.15, 0.2) is 18.2 Å². The minimum absolute atomic E-state index is 0.551. The first-order valence-corrected chi connectivity index (χ1v) is 5.51. The Bertz CT molecular complexity index is 494. The van der Waals surface area contributed by atoms with Crippen LogP contribution in [0.1, 0.15) is 24.7 Å². The molecule has 0 bridgehead atoms. The number of aryl methyl sites for hydroxylation is 2. The van der Waals surface area contributed by atoms with E-state index in [0.29, 0.717) is 5.15 Å². The Morgan fingerprint density at radius 3 is 2.80 bits per heavy atom. The van der Waals surface area contributed by atoms with Gasteiger partial charge in [0.15, 0.2) is 0 Å². The van der Waals surface area contributed by atoms with Crippen molar-refractivity contribution >= 4 is 22.5 Å². The van der Waals surface area contributed by atoms with E-state index in [4.69, 9.17) is 11.6 Å². The van der Waals surface area contributed by atoms with Gasteiger partial charge in [-0.3, -0.25) is 0 Å². The molecule has 0 aliphatic rings. The molecule has 0 spiro atoms. The van der Waals surface area contributed by atoms with Crippen LogP contribution in [0.4, 0.5) is 0 Å². The Morgan fingerprint density at radius 1 is 1.27 bits per heavy atom. The zero-order chi connectivity index (χ0) is 10.8. The summed E-state index contributed by atoms with van der Waals surface area (Å²) >= 11 is 6.08. The molecule has 0 unspecified atom stereocenters. The lowest BCUT2D eigenvalue weighted by molar-refractivity contribution is 0.923. The minimum Gasteiger partial charge on any atom is -0.233 e. The van der Waals surface area contributed by atoms with Gasteiger partial charge in [0.25, 0.3) is 0 Å². The largest absolute Gasteiger partial charge is 0.233 e. The van der Waals surface area contributed by atoms with E-state index in [0.717, 1.165) is 29.6 Å². The van der Waals surface area contributed by atoms with E-state index in [1.54, 1.807) is 0 Å². The third-order valence-electron chi connectivity index (χ3n) is 2.36. The highest BCUT2D eigenvalue weighted by Gasteiger charge is 2.04. The van der Waals surface area contributed by atoms with Gasteiger partial charge in [0.2, 0.25) is 0 Å². The summed E-state index contributed by atoms with van der Waals surface area (Å²) in [5, 5.41) is 1.50. The average molecular weight is 221 g/mol. The van der Waals surface area contributed by atoms with Crippen LogP contribution in [-0.2, 0) is 6.42 Å². The number of halogens is 1. The topological polar surface area (TPSA) is 25.8 Å². The maximum atomic E-state index is 6.08. The molecule has 2 rings (SSSR count). The fourth-order valence-corrected chi connectivity index (χ4v) is 1.97. The van der Waals surface area contributed by atoms with Gasteiger partial charge in [-0.1, -0.05) is 31.0 Å². The summed E-state index contributed by atoms with van der Waals surface area (Å²) in [7, 11) is 0. The molecule has 1 aromatic carbocycles. The number of fused-ring (bicyclic) bond motifs is 1. The van der Waals surface area contributed by atoms with E-state index in [2.05, 4.69) is 29.0 Å². The van der Waals surface area contributed by atoms with Gasteiger partial charge in [0.05, 0.1) is 5.52 Å². The molecular weight excluding hydrogens is 208 g/mol. The molecule has 2 aromatic rings. The summed E-state index contributed by atoms with van der Waals surface area (Å²) in [5.74, 6) is 0.718. The zero-order valence-corrected chi connectivity index (χ0v) is 9.67. The maximum absolute atomic E-state index is 6.08. The van der Waals surface area contributed by atoms with E-state index < -0.39 is 0 Å². The summed E-state index contributed by atoms with van der Waals surface area (Å²) < 4.78 is 0. The van der Waals surface area contributed by atoms with Gasteiger partial charge >= 0.3 is 0 Å². The van der Waals surface area contributed by atoms with E-state index >= 15 is 0 Å². The van der Waals surface area contributed by atoms with Crippen molar-refractivity contribution in [1.82, 2.24) is 9.97 Å². The van der Waals surface area contributed by atoms with Crippen LogP contribution < -0.4 is 0 Å². The average Bonchev–Trinajstić information content (AvgIpc) is 2.19. The maximum Gasteiger partial charge on any atom is 0.140 e. The second-order valence-corrected chi connectivity index (χ2v) is 4.02. The lowest BCUT2D eigenvalue weighted by Crippen LogP contribution is -1.91. The lowest BCUT2D eigenvalue weighted by Gasteiger charge is -2.04. The van der Waals surface area contributed by atoms with Gasteiger partial charge in [-0.2, -0.15) is 0 Å². The molecule has 78 valence electrons. The predicted molar refractivity (Wildman–Crippen MR) is 63.3 cm³/mol. The second-order valence-electron chi connectivity index (χ2n) is 3.66. The molecule has 1 aromatic heterocycles. The predicted octanol–water partition coefficient (Wildman–Crippen LogP) is 3.54. The molecule has 2 nitrogen and oxygen atoms in total. The van der Waals surface area contributed by atoms with E-state index in [-0.39, 0.29) is 0 Å². The standard InChI is InChI=1S/C12H13ClN2/c1-3-4-9-5-6-11-10(7-9)12(13)15-8(2)14-11/h5-7H,3-4H2,1-2H3. The van der Waals surface area contributed by atoms with Gasteiger partial charge in [-0.15, -0.1) is 0 Å². The third kappa shape index (κ3) is 2.10. The fourth-order valence-electron chi connectivity index (χ4n) is 1.69. The van der Waals surface area contributed by atoms with Crippen LogP contribution in [0.25, 0.3) is 10.9 Å². The van der Waals surface area contributed by atoms with Crippen LogP contribution in [0.3, 0.4) is 0 Å². The summed E-state index contributed by atoms with van der Waals surface area (Å²) in [5.41, 5.74) is 2.21. The Balaban J connectivity index is 2.60. The number of aromatic nitrogens is 2. The van der Waals surface area contributed by atoms with Gasteiger partial charge < -0.3 is 0 Å². The Morgan fingerprint density at radius 2 is 2.07 bits per heavy atom. The van der Waals surface area contributed by atoms with Crippen molar-refractivity contribution in [2.45, 2.75) is 26.7 Å². The Hall–Kier alpha value is -1.15. The van der Waals surface area contributed by atoms with Crippen molar-refractivity contribution in [2.24, 2.45) is 0 Å². The van der Waals surface area contributed by atoms with Crippen LogP contribution in [0, 0.1) is 6.92 Å². The molecule has 0 atom stereocenters. The van der Waals surface area contributed by atoms with Crippen molar-refractivity contribution in [1.29, 1.82) is 0 Å². The molecule has 0 aliphatic heterocycles. The van der Waals surface area contributed by atoms with Crippen LogP contribution in [0.2, 0.25) is 5.15 Å². The lowest BCUT2D eigenvalue weighted by atomic mass is 10.1. The Labute approximate surface area is 94.3 Å². The van der Waals surface area contributed by atoms with Crippen molar-refractivity contribution in [3.63, 3.8) is 0 Å². The minimum atomic E-state index is 0.551. The highest BCUT2D eigenvalue weighted by atomic mass is 35.5. The molecule has 1 heterocycles. The SMILES string of the molecule is CCCc1ccc2nc(C)nc(Cl)c2c1. The molecule has 15 heavy (non-hydrogen) atoms. The van der Waals surface area contributed by atoms with E-state index in [9.17, 15) is 0 Å².